The average Bonchev–Trinajstić information content (AvgIpc) is 3.48. The Morgan fingerprint density at radius 3 is 2.55 bits per heavy atom. The van der Waals surface area contributed by atoms with Crippen molar-refractivity contribution in [2.75, 3.05) is 17.2 Å². The second kappa shape index (κ2) is 15.3. The van der Waals surface area contributed by atoms with Gasteiger partial charge in [-0.2, -0.15) is 4.98 Å². The number of hydrogen-bond donors (Lipinski definition) is 2. The van der Waals surface area contributed by atoms with Crippen molar-refractivity contribution in [2.24, 2.45) is 0 Å². The zero-order chi connectivity index (χ0) is 34.7. The standard InChI is InChI=1S/C37H34BrCl2N5O3S/c1-5-47-31-18-26(17-28(38)34(31)48-19-24-13-15-27(39)16-14-24)33-32(35(46)42-30-12-8-9-21(2)22(30)3)23(4)41-36-43-37(44-45(33)36)49-20-25-10-6-7-11-29(25)40/h6-18,33H,5,19-20H2,1-4H3,(H,42,46)(H,41,43,44). The number of aryl methyl sites for hydroxylation is 1. The number of nitrogens with zero attached hydrogens (tertiary/aromatic N) is 3. The number of carbonyl (C=O) groups is 1. The lowest BCUT2D eigenvalue weighted by molar-refractivity contribution is -0.113. The Labute approximate surface area is 308 Å². The van der Waals surface area contributed by atoms with Crippen molar-refractivity contribution >= 4 is 68.4 Å². The molecular formula is C37H34BrCl2N5O3S. The van der Waals surface area contributed by atoms with Crippen molar-refractivity contribution in [1.82, 2.24) is 14.8 Å². The van der Waals surface area contributed by atoms with Crippen LogP contribution in [-0.2, 0) is 17.2 Å². The molecule has 1 aliphatic rings. The Morgan fingerprint density at radius 1 is 1.02 bits per heavy atom. The Hall–Kier alpha value is -3.96. The van der Waals surface area contributed by atoms with Crippen LogP contribution >= 0.6 is 50.9 Å². The molecule has 0 fully saturated rings. The summed E-state index contributed by atoms with van der Waals surface area (Å²) in [4.78, 5) is 19.1. The van der Waals surface area contributed by atoms with Crippen LogP contribution in [0.15, 0.2) is 99.8 Å². The number of carbonyl (C=O) groups excluding carboxylic acids is 1. The fourth-order valence-electron chi connectivity index (χ4n) is 5.51. The van der Waals surface area contributed by atoms with Gasteiger partial charge in [-0.1, -0.05) is 77.4 Å². The van der Waals surface area contributed by atoms with Gasteiger partial charge in [0.05, 0.1) is 16.7 Å². The first-order chi connectivity index (χ1) is 23.6. The van der Waals surface area contributed by atoms with Crippen LogP contribution in [0.3, 0.4) is 0 Å². The molecule has 0 radical (unpaired) electrons. The van der Waals surface area contributed by atoms with Crippen molar-refractivity contribution in [3.8, 4) is 11.5 Å². The Balaban J connectivity index is 1.40. The summed E-state index contributed by atoms with van der Waals surface area (Å²) < 4.78 is 14.8. The van der Waals surface area contributed by atoms with Gasteiger partial charge in [0.25, 0.3) is 5.91 Å². The van der Waals surface area contributed by atoms with Crippen LogP contribution in [0.2, 0.25) is 10.0 Å². The summed E-state index contributed by atoms with van der Waals surface area (Å²) in [5.74, 6) is 1.92. The minimum absolute atomic E-state index is 0.257. The van der Waals surface area contributed by atoms with E-state index in [4.69, 9.17) is 42.8 Å². The normalized spacial score (nSPS) is 13.9. The molecule has 1 amide bonds. The number of ether oxygens (including phenoxy) is 2. The molecule has 0 aliphatic carbocycles. The molecule has 5 aromatic rings. The maximum atomic E-state index is 14.3. The van der Waals surface area contributed by atoms with Gasteiger partial charge in [-0.25, -0.2) is 4.68 Å². The van der Waals surface area contributed by atoms with Gasteiger partial charge >= 0.3 is 0 Å². The largest absolute Gasteiger partial charge is 0.490 e. The number of rotatable bonds is 11. The highest BCUT2D eigenvalue weighted by Crippen LogP contribution is 2.44. The number of anilines is 2. The molecule has 1 aliphatic heterocycles. The molecule has 0 saturated heterocycles. The number of fused-ring (bicyclic) bond motifs is 1. The summed E-state index contributed by atoms with van der Waals surface area (Å²) in [6.45, 7) is 8.53. The predicted molar refractivity (Wildman–Crippen MR) is 201 cm³/mol. The third-order valence-corrected chi connectivity index (χ3v) is 10.3. The van der Waals surface area contributed by atoms with E-state index in [0.717, 1.165) is 33.5 Å². The molecule has 4 aromatic carbocycles. The number of allylic oxidation sites excluding steroid dienone is 1. The summed E-state index contributed by atoms with van der Waals surface area (Å²) in [7, 11) is 0. The molecule has 2 heterocycles. The molecule has 1 unspecified atom stereocenters. The second-order valence-corrected chi connectivity index (χ2v) is 14.1. The SMILES string of the molecule is CCOc1cc(C2C(C(=O)Nc3cccc(C)c3C)=C(C)Nc3nc(SCc4ccccc4Cl)nn32)cc(Br)c1OCc1ccc(Cl)cc1. The summed E-state index contributed by atoms with van der Waals surface area (Å²) in [5, 5.41) is 13.3. The molecule has 1 aromatic heterocycles. The van der Waals surface area contributed by atoms with Crippen LogP contribution in [0.5, 0.6) is 11.5 Å². The minimum atomic E-state index is -0.649. The van der Waals surface area contributed by atoms with Crippen LogP contribution in [0.4, 0.5) is 11.6 Å². The summed E-state index contributed by atoms with van der Waals surface area (Å²) >= 11 is 17.7. The van der Waals surface area contributed by atoms with Crippen molar-refractivity contribution in [2.45, 2.75) is 51.3 Å². The molecule has 0 saturated carbocycles. The van der Waals surface area contributed by atoms with Gasteiger partial charge in [0.1, 0.15) is 12.6 Å². The Morgan fingerprint density at radius 2 is 1.80 bits per heavy atom. The van der Waals surface area contributed by atoms with Crippen molar-refractivity contribution in [3.05, 3.63) is 132 Å². The highest BCUT2D eigenvalue weighted by Gasteiger charge is 2.36. The highest BCUT2D eigenvalue weighted by atomic mass is 79.9. The fraction of sp³-hybridized carbons (Fsp3) is 0.216. The average molecular weight is 780 g/mol. The van der Waals surface area contributed by atoms with Crippen molar-refractivity contribution in [1.29, 1.82) is 0 Å². The molecule has 49 heavy (non-hydrogen) atoms. The Bertz CT molecular complexity index is 2050. The van der Waals surface area contributed by atoms with E-state index in [1.165, 1.54) is 11.8 Å². The van der Waals surface area contributed by atoms with E-state index in [1.54, 1.807) is 4.68 Å². The summed E-state index contributed by atoms with van der Waals surface area (Å²) in [6.07, 6.45) is 0. The smallest absolute Gasteiger partial charge is 0.255 e. The fourth-order valence-corrected chi connectivity index (χ4v) is 7.33. The van der Waals surface area contributed by atoms with E-state index in [-0.39, 0.29) is 5.91 Å². The maximum absolute atomic E-state index is 14.3. The monoisotopic (exact) mass is 777 g/mol. The van der Waals surface area contributed by atoms with E-state index in [2.05, 4.69) is 26.6 Å². The first kappa shape index (κ1) is 34.9. The van der Waals surface area contributed by atoms with Crippen molar-refractivity contribution < 1.29 is 14.3 Å². The molecule has 6 rings (SSSR count). The van der Waals surface area contributed by atoms with Crippen LogP contribution in [0, 0.1) is 13.8 Å². The maximum Gasteiger partial charge on any atom is 0.255 e. The highest BCUT2D eigenvalue weighted by molar-refractivity contribution is 9.10. The molecular weight excluding hydrogens is 745 g/mol. The first-order valence-corrected chi connectivity index (χ1v) is 18.2. The van der Waals surface area contributed by atoms with Crippen LogP contribution in [-0.4, -0.2) is 27.3 Å². The lowest BCUT2D eigenvalue weighted by Crippen LogP contribution is -2.31. The second-order valence-electron chi connectivity index (χ2n) is 11.5. The van der Waals surface area contributed by atoms with Crippen molar-refractivity contribution in [3.63, 3.8) is 0 Å². The Kier molecular flexibility index (Phi) is 10.9. The molecule has 0 bridgehead atoms. The van der Waals surface area contributed by atoms with Gasteiger partial charge in [-0.05, 0) is 108 Å². The molecule has 0 spiro atoms. The minimum Gasteiger partial charge on any atom is -0.490 e. The van der Waals surface area contributed by atoms with Crippen LogP contribution in [0.25, 0.3) is 0 Å². The number of benzene rings is 4. The van der Waals surface area contributed by atoms with Crippen LogP contribution < -0.4 is 20.1 Å². The zero-order valence-corrected chi connectivity index (χ0v) is 31.2. The molecule has 252 valence electrons. The lowest BCUT2D eigenvalue weighted by atomic mass is 9.94. The van der Waals surface area contributed by atoms with Gasteiger partial charge in [0.15, 0.2) is 11.5 Å². The van der Waals surface area contributed by atoms with E-state index in [9.17, 15) is 4.79 Å². The first-order valence-electron chi connectivity index (χ1n) is 15.6. The number of amides is 1. The third-order valence-electron chi connectivity index (χ3n) is 8.19. The quantitative estimate of drug-likeness (QED) is 0.129. The van der Waals surface area contributed by atoms with E-state index in [1.807, 2.05) is 107 Å². The number of hydrogen-bond acceptors (Lipinski definition) is 7. The topological polar surface area (TPSA) is 90.3 Å². The van der Waals surface area contributed by atoms with Gasteiger partial charge in [-0.15, -0.1) is 5.10 Å². The summed E-state index contributed by atoms with van der Waals surface area (Å²) in [6, 6.07) is 24.3. The molecule has 2 N–H and O–H groups in total. The molecule has 12 heteroatoms. The van der Waals surface area contributed by atoms with Gasteiger partial charge in [-0.3, -0.25) is 4.79 Å². The van der Waals surface area contributed by atoms with Gasteiger partial charge in [0.2, 0.25) is 11.1 Å². The molecule has 8 nitrogen and oxygen atoms in total. The number of halogens is 3. The molecule has 1 atom stereocenters. The predicted octanol–water partition coefficient (Wildman–Crippen LogP) is 10.2. The number of aromatic nitrogens is 3. The third kappa shape index (κ3) is 7.78. The summed E-state index contributed by atoms with van der Waals surface area (Å²) in [5.41, 5.74) is 6.67. The van der Waals surface area contributed by atoms with Crippen LogP contribution in [0.1, 0.15) is 47.7 Å². The number of nitrogens with one attached hydrogen (secondary N) is 2. The zero-order valence-electron chi connectivity index (χ0n) is 27.3. The van der Waals surface area contributed by atoms with Gasteiger partial charge < -0.3 is 20.1 Å². The lowest BCUT2D eigenvalue weighted by Gasteiger charge is -2.29. The van der Waals surface area contributed by atoms with E-state index >= 15 is 0 Å². The number of thioether (sulfide) groups is 1. The van der Waals surface area contributed by atoms with E-state index in [0.29, 0.717) is 67.4 Å². The van der Waals surface area contributed by atoms with Gasteiger partial charge in [0, 0.05) is 27.2 Å². The van der Waals surface area contributed by atoms with E-state index < -0.39 is 6.04 Å².